The van der Waals surface area contributed by atoms with Gasteiger partial charge in [-0.25, -0.2) is 9.18 Å². The number of rotatable bonds is 7. The molecular weight excluding hydrogens is 295 g/mol. The average molecular weight is 324 g/mol. The summed E-state index contributed by atoms with van der Waals surface area (Å²) < 4.78 is 19.0. The number of carbonyl (C=O) groups excluding carboxylic acids is 1. The Labute approximate surface area is 138 Å². The van der Waals surface area contributed by atoms with E-state index in [0.717, 1.165) is 12.8 Å². The molecule has 1 aromatic rings. The van der Waals surface area contributed by atoms with Gasteiger partial charge in [0.2, 0.25) is 0 Å². The first kappa shape index (κ1) is 19.4. The van der Waals surface area contributed by atoms with E-state index in [4.69, 9.17) is 4.74 Å². The molecule has 0 atom stereocenters. The summed E-state index contributed by atoms with van der Waals surface area (Å²) in [5.74, 6) is -0.223. The molecule has 0 spiro atoms. The molecule has 0 saturated carbocycles. The van der Waals surface area contributed by atoms with Crippen molar-refractivity contribution in [1.29, 1.82) is 0 Å². The van der Waals surface area contributed by atoms with Gasteiger partial charge in [-0.15, -0.1) is 0 Å². The molecule has 0 aliphatic heterocycles. The molecule has 5 heteroatoms. The van der Waals surface area contributed by atoms with E-state index in [1.165, 1.54) is 6.07 Å². The summed E-state index contributed by atoms with van der Waals surface area (Å²) in [7, 11) is 0. The molecule has 1 amide bonds. The van der Waals surface area contributed by atoms with Crippen molar-refractivity contribution in [2.45, 2.75) is 65.1 Å². The predicted octanol–water partition coefficient (Wildman–Crippen LogP) is 4.00. The maximum Gasteiger partial charge on any atom is 0.408 e. The van der Waals surface area contributed by atoms with Crippen LogP contribution in [0.2, 0.25) is 0 Å². The Morgan fingerprint density at radius 2 is 1.78 bits per heavy atom. The third-order valence-corrected chi connectivity index (χ3v) is 3.86. The van der Waals surface area contributed by atoms with Crippen LogP contribution >= 0.6 is 0 Å². The number of halogens is 1. The Morgan fingerprint density at radius 1 is 1.17 bits per heavy atom. The van der Waals surface area contributed by atoms with Crippen molar-refractivity contribution in [2.75, 3.05) is 6.54 Å². The first-order valence-corrected chi connectivity index (χ1v) is 8.16. The fourth-order valence-electron chi connectivity index (χ4n) is 2.32. The van der Waals surface area contributed by atoms with Crippen LogP contribution in [-0.4, -0.2) is 23.8 Å². The number of alkyl carbamates (subject to hydrolysis) is 1. The minimum absolute atomic E-state index is 0.223. The highest BCUT2D eigenvalue weighted by Gasteiger charge is 2.30. The highest BCUT2D eigenvalue weighted by atomic mass is 19.1. The third kappa shape index (κ3) is 6.57. The number of amides is 1. The fraction of sp³-hybridized carbons (Fsp3) is 0.611. The van der Waals surface area contributed by atoms with Crippen LogP contribution in [0.15, 0.2) is 24.3 Å². The maximum absolute atomic E-state index is 13.6. The van der Waals surface area contributed by atoms with Crippen LogP contribution in [0.3, 0.4) is 0 Å². The Kier molecular flexibility index (Phi) is 7.01. The van der Waals surface area contributed by atoms with E-state index >= 15 is 0 Å². The number of nitrogens with one attached hydrogen (secondary N) is 2. The van der Waals surface area contributed by atoms with E-state index in [-0.39, 0.29) is 5.82 Å². The number of hydrogen-bond donors (Lipinski definition) is 2. The van der Waals surface area contributed by atoms with Crippen LogP contribution in [0.4, 0.5) is 9.18 Å². The monoisotopic (exact) mass is 324 g/mol. The van der Waals surface area contributed by atoms with Gasteiger partial charge in [0.1, 0.15) is 11.4 Å². The molecule has 0 aromatic heterocycles. The summed E-state index contributed by atoms with van der Waals surface area (Å²) in [6.45, 7) is 10.5. The summed E-state index contributed by atoms with van der Waals surface area (Å²) in [5.41, 5.74) is -0.322. The molecule has 0 heterocycles. The van der Waals surface area contributed by atoms with Crippen molar-refractivity contribution in [2.24, 2.45) is 0 Å². The predicted molar refractivity (Wildman–Crippen MR) is 90.8 cm³/mol. The minimum atomic E-state index is -0.530. The van der Waals surface area contributed by atoms with Crippen molar-refractivity contribution >= 4 is 6.09 Å². The normalized spacial score (nSPS) is 12.1. The second-order valence-corrected chi connectivity index (χ2v) is 6.81. The molecule has 1 rings (SSSR count). The van der Waals surface area contributed by atoms with Gasteiger partial charge in [-0.3, -0.25) is 0 Å². The lowest BCUT2D eigenvalue weighted by Crippen LogP contribution is -2.55. The first-order chi connectivity index (χ1) is 10.7. The number of benzene rings is 1. The number of carbonyl (C=O) groups is 1. The molecule has 0 bridgehead atoms. The zero-order valence-corrected chi connectivity index (χ0v) is 14.8. The average Bonchev–Trinajstić information content (AvgIpc) is 2.46. The molecule has 2 N–H and O–H groups in total. The van der Waals surface area contributed by atoms with Gasteiger partial charge in [0.25, 0.3) is 0 Å². The fourth-order valence-corrected chi connectivity index (χ4v) is 2.32. The smallest absolute Gasteiger partial charge is 0.408 e. The van der Waals surface area contributed by atoms with Crippen LogP contribution in [0.5, 0.6) is 0 Å². The Balaban J connectivity index is 2.63. The topological polar surface area (TPSA) is 50.4 Å². The Bertz CT molecular complexity index is 508. The van der Waals surface area contributed by atoms with Crippen LogP contribution in [0, 0.1) is 5.82 Å². The summed E-state index contributed by atoms with van der Waals surface area (Å²) in [6, 6.07) is 6.68. The van der Waals surface area contributed by atoms with Gasteiger partial charge in [-0.05, 0) is 39.7 Å². The Hall–Kier alpha value is -1.62. The number of ether oxygens (including phenoxy) is 1. The van der Waals surface area contributed by atoms with Gasteiger partial charge in [-0.2, -0.15) is 0 Å². The van der Waals surface area contributed by atoms with Gasteiger partial charge in [0, 0.05) is 18.7 Å². The van der Waals surface area contributed by atoms with E-state index in [1.54, 1.807) is 12.1 Å². The van der Waals surface area contributed by atoms with Crippen molar-refractivity contribution in [3.05, 3.63) is 35.6 Å². The molecular formula is C18H29FN2O2. The van der Waals surface area contributed by atoms with Crippen LogP contribution in [0.25, 0.3) is 0 Å². The molecule has 0 radical (unpaired) electrons. The number of hydrogen-bond acceptors (Lipinski definition) is 3. The quantitative estimate of drug-likeness (QED) is 0.797. The lowest BCUT2D eigenvalue weighted by Gasteiger charge is -2.34. The molecule has 1 aromatic carbocycles. The van der Waals surface area contributed by atoms with Crippen LogP contribution in [0.1, 0.15) is 53.0 Å². The van der Waals surface area contributed by atoms with Crippen molar-refractivity contribution in [3.63, 3.8) is 0 Å². The van der Waals surface area contributed by atoms with Gasteiger partial charge in [0.15, 0.2) is 0 Å². The molecule has 0 aliphatic rings. The van der Waals surface area contributed by atoms with Crippen LogP contribution in [-0.2, 0) is 11.3 Å². The molecule has 4 nitrogen and oxygen atoms in total. The van der Waals surface area contributed by atoms with Gasteiger partial charge in [0.05, 0.1) is 5.54 Å². The summed E-state index contributed by atoms with van der Waals surface area (Å²) in [5, 5.41) is 6.21. The molecule has 130 valence electrons. The lowest BCUT2D eigenvalue weighted by molar-refractivity contribution is 0.0446. The van der Waals surface area contributed by atoms with Crippen molar-refractivity contribution in [1.82, 2.24) is 10.6 Å². The molecule has 23 heavy (non-hydrogen) atoms. The van der Waals surface area contributed by atoms with E-state index in [1.807, 2.05) is 40.7 Å². The highest BCUT2D eigenvalue weighted by Crippen LogP contribution is 2.17. The Morgan fingerprint density at radius 3 is 2.30 bits per heavy atom. The molecule has 0 unspecified atom stereocenters. The van der Waals surface area contributed by atoms with E-state index in [2.05, 4.69) is 10.6 Å². The maximum atomic E-state index is 13.6. The molecule has 0 fully saturated rings. The zero-order chi connectivity index (χ0) is 17.5. The van der Waals surface area contributed by atoms with Crippen LogP contribution < -0.4 is 10.6 Å². The molecule has 0 saturated heterocycles. The van der Waals surface area contributed by atoms with E-state index in [0.29, 0.717) is 18.7 Å². The van der Waals surface area contributed by atoms with Gasteiger partial charge >= 0.3 is 6.09 Å². The summed E-state index contributed by atoms with van der Waals surface area (Å²) in [4.78, 5) is 12.1. The van der Waals surface area contributed by atoms with Crippen molar-refractivity contribution < 1.29 is 13.9 Å². The second-order valence-electron chi connectivity index (χ2n) is 6.81. The molecule has 0 aliphatic carbocycles. The first-order valence-electron chi connectivity index (χ1n) is 8.16. The summed E-state index contributed by atoms with van der Waals surface area (Å²) in [6.07, 6.45) is 1.09. The van der Waals surface area contributed by atoms with E-state index < -0.39 is 17.2 Å². The third-order valence-electron chi connectivity index (χ3n) is 3.86. The van der Waals surface area contributed by atoms with Gasteiger partial charge in [-0.1, -0.05) is 32.0 Å². The van der Waals surface area contributed by atoms with Gasteiger partial charge < -0.3 is 15.4 Å². The lowest BCUT2D eigenvalue weighted by atomic mass is 9.92. The minimum Gasteiger partial charge on any atom is -0.444 e. The van der Waals surface area contributed by atoms with E-state index in [9.17, 15) is 9.18 Å². The zero-order valence-electron chi connectivity index (χ0n) is 14.8. The SMILES string of the molecule is CCC(CC)(CNCc1ccccc1F)NC(=O)OC(C)(C)C. The van der Waals surface area contributed by atoms with Crippen molar-refractivity contribution in [3.8, 4) is 0 Å². The highest BCUT2D eigenvalue weighted by molar-refractivity contribution is 5.68. The standard InChI is InChI=1S/C18H29FN2O2/c1-6-18(7-2,21-16(22)23-17(3,4)5)13-20-12-14-10-8-9-11-15(14)19/h8-11,20H,6-7,12-13H2,1-5H3,(H,21,22). The largest absolute Gasteiger partial charge is 0.444 e. The summed E-state index contributed by atoms with van der Waals surface area (Å²) >= 11 is 0. The second kappa shape index (κ2) is 8.29.